The zero-order chi connectivity index (χ0) is 18.0. The fourth-order valence-electron chi connectivity index (χ4n) is 2.02. The van der Waals surface area contributed by atoms with Crippen molar-refractivity contribution in [2.45, 2.75) is 19.9 Å². The molecule has 0 saturated carbocycles. The zero-order valence-electron chi connectivity index (χ0n) is 12.1. The van der Waals surface area contributed by atoms with E-state index in [1.54, 1.807) is 6.07 Å². The number of nitrogens with one attached hydrogen (secondary N) is 1. The molecule has 1 heterocycles. The van der Waals surface area contributed by atoms with Crippen molar-refractivity contribution in [3.8, 4) is 0 Å². The number of aromatic nitrogens is 2. The molecule has 1 N–H and O–H groups in total. The molecule has 128 valence electrons. The molecule has 0 bridgehead atoms. The number of carbonyl (C=O) groups is 1. The first kappa shape index (κ1) is 18.1. The summed E-state index contributed by atoms with van der Waals surface area (Å²) in [6, 6.07) is 4.58. The fraction of sp³-hybridized carbons (Fsp3) is 0.231. The summed E-state index contributed by atoms with van der Waals surface area (Å²) in [4.78, 5) is 22.0. The topological polar surface area (TPSA) is 90.1 Å². The molecule has 0 atom stereocenters. The lowest BCUT2D eigenvalue weighted by molar-refractivity contribution is -0.386. The maximum atomic E-state index is 12.9. The number of para-hydroxylation sites is 1. The Morgan fingerprint density at radius 3 is 2.46 bits per heavy atom. The molecule has 0 aliphatic heterocycles. The molecule has 0 saturated heterocycles. The maximum Gasteiger partial charge on any atom is 0.319 e. The molecule has 0 aliphatic rings. The highest BCUT2D eigenvalue weighted by Crippen LogP contribution is 2.32. The Labute approximate surface area is 144 Å². The second-order valence-corrected chi connectivity index (χ2v) is 5.49. The Kier molecular flexibility index (Phi) is 5.35. The Balaban J connectivity index is 2.27. The number of benzene rings is 1. The number of nitro groups is 1. The van der Waals surface area contributed by atoms with Gasteiger partial charge in [-0.3, -0.25) is 19.6 Å². The van der Waals surface area contributed by atoms with Crippen LogP contribution < -0.4 is 5.32 Å². The summed E-state index contributed by atoms with van der Waals surface area (Å²) in [7, 11) is 0. The summed E-state index contributed by atoms with van der Waals surface area (Å²) in [5.74, 6) is -0.675. The average molecular weight is 379 g/mol. The summed E-state index contributed by atoms with van der Waals surface area (Å²) in [6.07, 6.45) is -3.13. The number of anilines is 1. The molecule has 0 unspecified atom stereocenters. The van der Waals surface area contributed by atoms with Crippen molar-refractivity contribution in [3.63, 3.8) is 0 Å². The number of rotatable bonds is 5. The molecule has 0 fully saturated rings. The van der Waals surface area contributed by atoms with Crippen LogP contribution in [0.2, 0.25) is 10.0 Å². The maximum absolute atomic E-state index is 12.9. The van der Waals surface area contributed by atoms with Gasteiger partial charge in [0.2, 0.25) is 11.6 Å². The average Bonchev–Trinajstić information content (AvgIpc) is 2.80. The third-order valence-electron chi connectivity index (χ3n) is 3.11. The van der Waals surface area contributed by atoms with Gasteiger partial charge in [-0.2, -0.15) is 5.10 Å². The van der Waals surface area contributed by atoms with Crippen LogP contribution in [0.1, 0.15) is 17.8 Å². The molecular weight excluding hydrogens is 369 g/mol. The highest BCUT2D eigenvalue weighted by atomic mass is 35.5. The van der Waals surface area contributed by atoms with Crippen LogP contribution in [0, 0.1) is 17.0 Å². The Bertz CT molecular complexity index is 791. The molecule has 0 radical (unpaired) electrons. The Hall–Kier alpha value is -2.26. The van der Waals surface area contributed by atoms with Gasteiger partial charge in [0.05, 0.1) is 20.7 Å². The van der Waals surface area contributed by atoms with Crippen molar-refractivity contribution in [2.24, 2.45) is 0 Å². The first-order valence-corrected chi connectivity index (χ1v) is 7.21. The van der Waals surface area contributed by atoms with Crippen LogP contribution in [-0.2, 0) is 11.3 Å². The van der Waals surface area contributed by atoms with Gasteiger partial charge in [0.1, 0.15) is 12.2 Å². The SMILES string of the molecule is Cc1c([N+](=O)[O-])c(C(F)F)nn1CC(=O)Nc1c(Cl)cccc1Cl. The fourth-order valence-corrected chi connectivity index (χ4v) is 2.51. The van der Waals surface area contributed by atoms with Gasteiger partial charge in [0.15, 0.2) is 0 Å². The van der Waals surface area contributed by atoms with Crippen LogP contribution in [0.15, 0.2) is 18.2 Å². The van der Waals surface area contributed by atoms with Gasteiger partial charge in [-0.1, -0.05) is 29.3 Å². The van der Waals surface area contributed by atoms with Gasteiger partial charge >= 0.3 is 5.69 Å². The molecule has 0 spiro atoms. The van der Waals surface area contributed by atoms with Crippen LogP contribution >= 0.6 is 23.2 Å². The number of nitrogens with zero attached hydrogens (tertiary/aromatic N) is 3. The Morgan fingerprint density at radius 1 is 1.42 bits per heavy atom. The molecule has 2 aromatic rings. The molecular formula is C13H10Cl2F2N4O3. The minimum Gasteiger partial charge on any atom is -0.322 e. The van der Waals surface area contributed by atoms with Crippen LogP contribution in [-0.4, -0.2) is 20.6 Å². The lowest BCUT2D eigenvalue weighted by atomic mass is 10.3. The van der Waals surface area contributed by atoms with Crippen molar-refractivity contribution in [2.75, 3.05) is 5.32 Å². The van der Waals surface area contributed by atoms with E-state index in [1.165, 1.54) is 19.1 Å². The van der Waals surface area contributed by atoms with E-state index in [0.29, 0.717) is 0 Å². The van der Waals surface area contributed by atoms with E-state index < -0.39 is 35.2 Å². The van der Waals surface area contributed by atoms with E-state index in [1.807, 2.05) is 0 Å². The number of halogens is 4. The monoisotopic (exact) mass is 378 g/mol. The standard InChI is InChI=1S/C13H10Cl2F2N4O3/c1-6-12(21(23)24)11(13(16)17)19-20(6)5-9(22)18-10-7(14)3-2-4-8(10)15/h2-4,13H,5H2,1H3,(H,18,22). The predicted molar refractivity (Wildman–Crippen MR) is 83.7 cm³/mol. The predicted octanol–water partition coefficient (Wildman–Crippen LogP) is 3.98. The summed E-state index contributed by atoms with van der Waals surface area (Å²) in [6.45, 7) is 0.716. The molecule has 11 heteroatoms. The lowest BCUT2D eigenvalue weighted by Gasteiger charge is -2.09. The third kappa shape index (κ3) is 3.62. The minimum absolute atomic E-state index is 0.152. The van der Waals surface area contributed by atoms with E-state index in [-0.39, 0.29) is 21.4 Å². The van der Waals surface area contributed by atoms with E-state index in [0.717, 1.165) is 4.68 Å². The zero-order valence-corrected chi connectivity index (χ0v) is 13.6. The van der Waals surface area contributed by atoms with Gasteiger partial charge in [-0.25, -0.2) is 8.78 Å². The second-order valence-electron chi connectivity index (χ2n) is 4.68. The number of hydrogen-bond donors (Lipinski definition) is 1. The Morgan fingerprint density at radius 2 is 2.00 bits per heavy atom. The smallest absolute Gasteiger partial charge is 0.319 e. The van der Waals surface area contributed by atoms with Crippen molar-refractivity contribution in [3.05, 3.63) is 49.7 Å². The van der Waals surface area contributed by atoms with Crippen molar-refractivity contribution >= 4 is 40.5 Å². The van der Waals surface area contributed by atoms with Crippen LogP contribution in [0.4, 0.5) is 20.2 Å². The first-order valence-electron chi connectivity index (χ1n) is 6.46. The third-order valence-corrected chi connectivity index (χ3v) is 3.74. The first-order chi connectivity index (χ1) is 11.2. The molecule has 1 aromatic heterocycles. The number of carbonyl (C=O) groups excluding carboxylic acids is 1. The normalized spacial score (nSPS) is 10.9. The highest BCUT2D eigenvalue weighted by molar-refractivity contribution is 6.39. The van der Waals surface area contributed by atoms with Crippen molar-refractivity contribution < 1.29 is 18.5 Å². The largest absolute Gasteiger partial charge is 0.322 e. The number of alkyl halides is 2. The van der Waals surface area contributed by atoms with Crippen LogP contribution in [0.5, 0.6) is 0 Å². The summed E-state index contributed by atoms with van der Waals surface area (Å²) in [5, 5.41) is 17.2. The lowest BCUT2D eigenvalue weighted by Crippen LogP contribution is -2.20. The van der Waals surface area contributed by atoms with Crippen molar-refractivity contribution in [1.29, 1.82) is 0 Å². The highest BCUT2D eigenvalue weighted by Gasteiger charge is 2.31. The van der Waals surface area contributed by atoms with Gasteiger partial charge in [0, 0.05) is 0 Å². The van der Waals surface area contributed by atoms with Crippen LogP contribution in [0.3, 0.4) is 0 Å². The molecule has 2 rings (SSSR count). The molecule has 24 heavy (non-hydrogen) atoms. The number of amides is 1. The molecule has 0 aliphatic carbocycles. The van der Waals surface area contributed by atoms with Gasteiger partial charge < -0.3 is 5.32 Å². The molecule has 7 nitrogen and oxygen atoms in total. The summed E-state index contributed by atoms with van der Waals surface area (Å²) < 4.78 is 26.5. The summed E-state index contributed by atoms with van der Waals surface area (Å²) >= 11 is 11.8. The molecule has 1 amide bonds. The van der Waals surface area contributed by atoms with Gasteiger partial charge in [-0.15, -0.1) is 0 Å². The minimum atomic E-state index is -3.13. The van der Waals surface area contributed by atoms with E-state index in [2.05, 4.69) is 10.4 Å². The van der Waals surface area contributed by atoms with Crippen molar-refractivity contribution in [1.82, 2.24) is 9.78 Å². The second kappa shape index (κ2) is 7.10. The van der Waals surface area contributed by atoms with E-state index in [9.17, 15) is 23.7 Å². The summed E-state index contributed by atoms with van der Waals surface area (Å²) in [5.41, 5.74) is -1.80. The van der Waals surface area contributed by atoms with Gasteiger partial charge in [0.25, 0.3) is 6.43 Å². The quantitative estimate of drug-likeness (QED) is 0.629. The van der Waals surface area contributed by atoms with E-state index in [4.69, 9.17) is 23.2 Å². The molecule has 1 aromatic carbocycles. The number of hydrogen-bond acceptors (Lipinski definition) is 4. The van der Waals surface area contributed by atoms with Crippen LogP contribution in [0.25, 0.3) is 0 Å². The van der Waals surface area contributed by atoms with E-state index >= 15 is 0 Å². The van der Waals surface area contributed by atoms with Gasteiger partial charge in [-0.05, 0) is 19.1 Å².